The second-order valence-electron chi connectivity index (χ2n) is 11.9. The summed E-state index contributed by atoms with van der Waals surface area (Å²) in [7, 11) is -1.21. The molecule has 0 amide bonds. The lowest BCUT2D eigenvalue weighted by molar-refractivity contribution is -0.146. The molecule has 1 aromatic carbocycles. The predicted octanol–water partition coefficient (Wildman–Crippen LogP) is 4.79. The van der Waals surface area contributed by atoms with E-state index in [2.05, 4.69) is 51.4 Å². The molecule has 3 aliphatic rings. The molecule has 0 saturated heterocycles. The zero-order valence-corrected chi connectivity index (χ0v) is 20.9. The second kappa shape index (κ2) is 6.56. The first kappa shape index (κ1) is 20.4. The summed E-state index contributed by atoms with van der Waals surface area (Å²) in [5.74, 6) is 1.41. The van der Waals surface area contributed by atoms with Gasteiger partial charge < -0.3 is 4.74 Å². The Labute approximate surface area is 173 Å². The van der Waals surface area contributed by atoms with Gasteiger partial charge in [0.2, 0.25) is 0 Å². The van der Waals surface area contributed by atoms with Crippen LogP contribution in [0, 0.1) is 17.3 Å². The summed E-state index contributed by atoms with van der Waals surface area (Å²) >= 11 is 0. The molecule has 1 aromatic rings. The predicted molar refractivity (Wildman–Crippen MR) is 123 cm³/mol. The van der Waals surface area contributed by atoms with Gasteiger partial charge in [0.1, 0.15) is 0 Å². The average molecular weight is 415 g/mol. The van der Waals surface area contributed by atoms with Gasteiger partial charge in [0.25, 0.3) is 0 Å². The van der Waals surface area contributed by atoms with E-state index in [1.165, 1.54) is 32.1 Å². The Morgan fingerprint density at radius 1 is 1.00 bits per heavy atom. The van der Waals surface area contributed by atoms with E-state index in [-0.39, 0.29) is 11.9 Å². The van der Waals surface area contributed by atoms with E-state index in [9.17, 15) is 4.79 Å². The van der Waals surface area contributed by atoms with Gasteiger partial charge in [-0.05, 0) is 66.9 Å². The van der Waals surface area contributed by atoms with Crippen LogP contribution in [0.25, 0.3) is 0 Å². The van der Waals surface area contributed by atoms with Crippen molar-refractivity contribution in [2.24, 2.45) is 17.3 Å². The zero-order chi connectivity index (χ0) is 20.5. The molecule has 0 radical (unpaired) electrons. The maximum Gasteiger partial charge on any atom is 0.308 e. The Balaban J connectivity index is 1.79. The normalized spacial score (nSPS) is 31.9. The summed E-state index contributed by atoms with van der Waals surface area (Å²) in [6.45, 7) is 15.0. The number of hydrogen-bond donors (Lipinski definition) is 0. The molecule has 2 bridgehead atoms. The van der Waals surface area contributed by atoms with Crippen LogP contribution in [0.5, 0.6) is 0 Å². The smallest absolute Gasteiger partial charge is 0.308 e. The molecular weight excluding hydrogens is 376 g/mol. The standard InChI is InChI=1S/C24H38O2Si2/c1-26-23(25)19-15-24-11-10-16-12-21(27(2,3)4)22(28(5,6)7)13-18(16)20(24)9-8-17(19)14-24/h12-13,17,19-20H,8-11,14-15H2,1-7H3/t17-,19+,20-,24+/m1/s1. The summed E-state index contributed by atoms with van der Waals surface area (Å²) in [4.78, 5) is 12.4. The number of aryl methyl sites for hydroxylation is 1. The van der Waals surface area contributed by atoms with Crippen LogP contribution < -0.4 is 10.4 Å². The van der Waals surface area contributed by atoms with Crippen LogP contribution in [0.2, 0.25) is 39.3 Å². The number of esters is 1. The van der Waals surface area contributed by atoms with Gasteiger partial charge in [0.15, 0.2) is 0 Å². The van der Waals surface area contributed by atoms with Gasteiger partial charge in [0, 0.05) is 0 Å². The first-order chi connectivity index (χ1) is 13.0. The maximum atomic E-state index is 12.4. The lowest BCUT2D eigenvalue weighted by atomic mass is 9.59. The number of ether oxygens (including phenoxy) is 1. The van der Waals surface area contributed by atoms with Crippen molar-refractivity contribution >= 4 is 32.5 Å². The number of methoxy groups -OCH3 is 1. The van der Waals surface area contributed by atoms with Crippen molar-refractivity contribution in [3.05, 3.63) is 23.3 Å². The van der Waals surface area contributed by atoms with Crippen molar-refractivity contribution in [2.45, 2.75) is 83.7 Å². The summed E-state index contributed by atoms with van der Waals surface area (Å²) < 4.78 is 5.18. The molecule has 0 aromatic heterocycles. The minimum atomic E-state index is -1.40. The van der Waals surface area contributed by atoms with Gasteiger partial charge in [-0.3, -0.25) is 4.79 Å². The molecule has 2 nitrogen and oxygen atoms in total. The van der Waals surface area contributed by atoms with E-state index in [4.69, 9.17) is 4.74 Å². The lowest BCUT2D eigenvalue weighted by Crippen LogP contribution is -2.57. The third-order valence-corrected chi connectivity index (χ3v) is 12.4. The van der Waals surface area contributed by atoms with Gasteiger partial charge in [0.05, 0.1) is 29.2 Å². The molecule has 1 spiro atoms. The minimum Gasteiger partial charge on any atom is -0.469 e. The molecule has 3 aliphatic carbocycles. The molecule has 2 fully saturated rings. The van der Waals surface area contributed by atoms with Gasteiger partial charge in [-0.25, -0.2) is 0 Å². The molecule has 2 saturated carbocycles. The fraction of sp³-hybridized carbons (Fsp3) is 0.708. The van der Waals surface area contributed by atoms with E-state index in [1.807, 2.05) is 0 Å². The monoisotopic (exact) mass is 414 g/mol. The topological polar surface area (TPSA) is 26.3 Å². The Kier molecular flexibility index (Phi) is 4.78. The molecule has 0 heterocycles. The summed E-state index contributed by atoms with van der Waals surface area (Å²) in [6, 6.07) is 5.31. The number of benzene rings is 1. The summed E-state index contributed by atoms with van der Waals surface area (Å²) in [5, 5.41) is 3.43. The molecule has 0 unspecified atom stereocenters. The molecule has 154 valence electrons. The second-order valence-corrected chi connectivity index (χ2v) is 22.0. The summed E-state index contributed by atoms with van der Waals surface area (Å²) in [5.41, 5.74) is 3.65. The van der Waals surface area contributed by atoms with E-state index >= 15 is 0 Å². The minimum absolute atomic E-state index is 0.0465. The lowest BCUT2D eigenvalue weighted by Gasteiger charge is -2.47. The van der Waals surface area contributed by atoms with Crippen molar-refractivity contribution in [2.75, 3.05) is 7.11 Å². The van der Waals surface area contributed by atoms with E-state index in [0.717, 1.165) is 6.42 Å². The first-order valence-corrected chi connectivity index (χ1v) is 18.2. The van der Waals surface area contributed by atoms with Crippen LogP contribution in [0.15, 0.2) is 12.1 Å². The van der Waals surface area contributed by atoms with Crippen LogP contribution in [-0.4, -0.2) is 29.2 Å². The van der Waals surface area contributed by atoms with Gasteiger partial charge in [-0.1, -0.05) is 61.8 Å². The highest BCUT2D eigenvalue weighted by atomic mass is 28.3. The Bertz CT molecular complexity index is 802. The maximum absolute atomic E-state index is 12.4. The molecule has 4 rings (SSSR count). The highest BCUT2D eigenvalue weighted by Crippen LogP contribution is 2.64. The van der Waals surface area contributed by atoms with Crippen LogP contribution in [0.4, 0.5) is 0 Å². The van der Waals surface area contributed by atoms with Crippen molar-refractivity contribution in [1.29, 1.82) is 0 Å². The van der Waals surface area contributed by atoms with Crippen molar-refractivity contribution in [1.82, 2.24) is 0 Å². The van der Waals surface area contributed by atoms with Gasteiger partial charge >= 0.3 is 5.97 Å². The van der Waals surface area contributed by atoms with E-state index < -0.39 is 16.1 Å². The Hall–Kier alpha value is -0.876. The molecule has 4 heteroatoms. The summed E-state index contributed by atoms with van der Waals surface area (Å²) in [6.07, 6.45) is 7.25. The van der Waals surface area contributed by atoms with Crippen molar-refractivity contribution in [3.63, 3.8) is 0 Å². The molecule has 4 atom stereocenters. The third kappa shape index (κ3) is 3.15. The van der Waals surface area contributed by atoms with E-state index in [0.29, 0.717) is 17.3 Å². The number of hydrogen-bond acceptors (Lipinski definition) is 2. The molecule has 0 N–H and O–H groups in total. The molecular formula is C24H38O2Si2. The fourth-order valence-corrected chi connectivity index (χ4v) is 12.0. The molecule has 28 heavy (non-hydrogen) atoms. The number of carbonyl (C=O) groups excluding carboxylic acids is 1. The van der Waals surface area contributed by atoms with E-state index in [1.54, 1.807) is 28.6 Å². The third-order valence-electron chi connectivity index (χ3n) is 8.10. The first-order valence-electron chi connectivity index (χ1n) is 11.2. The Morgan fingerprint density at radius 3 is 2.25 bits per heavy atom. The Morgan fingerprint density at radius 2 is 1.64 bits per heavy atom. The highest BCUT2D eigenvalue weighted by molar-refractivity contribution is 6.98. The average Bonchev–Trinajstić information content (AvgIpc) is 2.89. The highest BCUT2D eigenvalue weighted by Gasteiger charge is 2.56. The van der Waals surface area contributed by atoms with Crippen LogP contribution in [0.1, 0.15) is 49.1 Å². The largest absolute Gasteiger partial charge is 0.469 e. The van der Waals surface area contributed by atoms with Gasteiger partial charge in [-0.15, -0.1) is 0 Å². The SMILES string of the molecule is COC(=O)[C@H]1C[C@@]23CCc4cc([Si](C)(C)C)c([Si](C)(C)C)cc4[C@H]2CC[C@@H]1C3. The van der Waals surface area contributed by atoms with Crippen LogP contribution in [0.3, 0.4) is 0 Å². The van der Waals surface area contributed by atoms with Crippen molar-refractivity contribution in [3.8, 4) is 0 Å². The van der Waals surface area contributed by atoms with Crippen LogP contribution >= 0.6 is 0 Å². The van der Waals surface area contributed by atoms with Gasteiger partial charge in [-0.2, -0.15) is 0 Å². The quantitative estimate of drug-likeness (QED) is 0.525. The van der Waals surface area contributed by atoms with Crippen LogP contribution in [-0.2, 0) is 16.0 Å². The number of carbonyl (C=O) groups is 1. The fourth-order valence-electron chi connectivity index (χ4n) is 6.74. The zero-order valence-electron chi connectivity index (χ0n) is 18.9. The van der Waals surface area contributed by atoms with Crippen molar-refractivity contribution < 1.29 is 9.53 Å². The molecule has 0 aliphatic heterocycles. The number of fused-ring (bicyclic) bond motifs is 3. The number of rotatable bonds is 3.